The van der Waals surface area contributed by atoms with E-state index in [-0.39, 0.29) is 5.91 Å². The van der Waals surface area contributed by atoms with Crippen LogP contribution in [0, 0.1) is 6.92 Å². The van der Waals surface area contributed by atoms with Crippen molar-refractivity contribution in [1.82, 2.24) is 0 Å². The van der Waals surface area contributed by atoms with E-state index in [0.717, 1.165) is 11.3 Å². The molecule has 1 aromatic carbocycles. The SMILES string of the molecule is CC(C)S(=O)(=O)O.CCC(=O)Nc1ccccc1C. The molecule has 0 saturated heterocycles. The van der Waals surface area contributed by atoms with Gasteiger partial charge in [-0.2, -0.15) is 8.42 Å². The second kappa shape index (κ2) is 7.91. The first-order valence-corrected chi connectivity index (χ1v) is 7.50. The first-order valence-electron chi connectivity index (χ1n) is 6.00. The van der Waals surface area contributed by atoms with Crippen LogP contribution in [0.15, 0.2) is 24.3 Å². The molecule has 0 unspecified atom stereocenters. The van der Waals surface area contributed by atoms with E-state index in [4.69, 9.17) is 4.55 Å². The third-order valence-corrected chi connectivity index (χ3v) is 3.53. The fraction of sp³-hybridized carbons (Fsp3) is 0.462. The fourth-order valence-corrected chi connectivity index (χ4v) is 0.952. The second-order valence-electron chi connectivity index (χ2n) is 4.28. The molecule has 1 amide bonds. The third kappa shape index (κ3) is 7.58. The predicted octanol–water partition coefficient (Wildman–Crippen LogP) is 2.63. The molecule has 2 N–H and O–H groups in total. The highest BCUT2D eigenvalue weighted by atomic mass is 32.2. The molecule has 0 fully saturated rings. The molecule has 5 nitrogen and oxygen atoms in total. The summed E-state index contributed by atoms with van der Waals surface area (Å²) in [6, 6.07) is 7.75. The number of benzene rings is 1. The largest absolute Gasteiger partial charge is 0.326 e. The molecule has 0 atom stereocenters. The number of nitrogens with one attached hydrogen (secondary N) is 1. The van der Waals surface area contributed by atoms with E-state index in [2.05, 4.69) is 5.32 Å². The number of rotatable bonds is 3. The number of anilines is 1. The van der Waals surface area contributed by atoms with Crippen LogP contribution in [0.2, 0.25) is 0 Å². The van der Waals surface area contributed by atoms with Crippen LogP contribution in [0.25, 0.3) is 0 Å². The van der Waals surface area contributed by atoms with Gasteiger partial charge in [-0.1, -0.05) is 25.1 Å². The van der Waals surface area contributed by atoms with Crippen LogP contribution < -0.4 is 5.32 Å². The van der Waals surface area contributed by atoms with Crippen molar-refractivity contribution in [3.05, 3.63) is 29.8 Å². The van der Waals surface area contributed by atoms with Crippen molar-refractivity contribution in [1.29, 1.82) is 0 Å². The predicted molar refractivity (Wildman–Crippen MR) is 76.8 cm³/mol. The monoisotopic (exact) mass is 287 g/mol. The quantitative estimate of drug-likeness (QED) is 0.837. The van der Waals surface area contributed by atoms with E-state index in [1.807, 2.05) is 38.1 Å². The number of carbonyl (C=O) groups excluding carboxylic acids is 1. The van der Waals surface area contributed by atoms with Gasteiger partial charge in [0.25, 0.3) is 10.1 Å². The molecule has 108 valence electrons. The van der Waals surface area contributed by atoms with Gasteiger partial charge in [-0.3, -0.25) is 9.35 Å². The van der Waals surface area contributed by atoms with Gasteiger partial charge in [0.2, 0.25) is 5.91 Å². The fourth-order valence-electron chi connectivity index (χ4n) is 0.952. The molecule has 0 aliphatic carbocycles. The van der Waals surface area contributed by atoms with Crippen LogP contribution in [-0.2, 0) is 14.9 Å². The zero-order valence-electron chi connectivity index (χ0n) is 11.7. The minimum atomic E-state index is -3.74. The number of carbonyl (C=O) groups is 1. The molecule has 0 heterocycles. The number of hydrogen-bond donors (Lipinski definition) is 2. The summed E-state index contributed by atoms with van der Waals surface area (Å²) >= 11 is 0. The summed E-state index contributed by atoms with van der Waals surface area (Å²) in [6.07, 6.45) is 0.522. The highest BCUT2D eigenvalue weighted by molar-refractivity contribution is 7.86. The zero-order chi connectivity index (χ0) is 15.1. The maximum absolute atomic E-state index is 11.0. The lowest BCUT2D eigenvalue weighted by molar-refractivity contribution is -0.115. The standard InChI is InChI=1S/C10H13NO.C3H8O3S/c1-3-10(12)11-9-7-5-4-6-8(9)2;1-3(2)7(4,5)6/h4-7H,3H2,1-2H3,(H,11,12);3H,1-2H3,(H,4,5,6). The lowest BCUT2D eigenvalue weighted by Gasteiger charge is -2.05. The lowest BCUT2D eigenvalue weighted by atomic mass is 10.2. The molecule has 0 aliphatic heterocycles. The normalized spacial score (nSPS) is 10.6. The van der Waals surface area contributed by atoms with E-state index < -0.39 is 15.4 Å². The summed E-state index contributed by atoms with van der Waals surface area (Å²) in [7, 11) is -3.74. The van der Waals surface area contributed by atoms with Gasteiger partial charge in [0.05, 0.1) is 5.25 Å². The number of para-hydroxylation sites is 1. The van der Waals surface area contributed by atoms with Crippen molar-refractivity contribution in [2.45, 2.75) is 39.4 Å². The summed E-state index contributed by atoms with van der Waals surface area (Å²) in [5.41, 5.74) is 2.00. The van der Waals surface area contributed by atoms with Crippen molar-refractivity contribution in [2.75, 3.05) is 5.32 Å². The molecular weight excluding hydrogens is 266 g/mol. The van der Waals surface area contributed by atoms with E-state index >= 15 is 0 Å². The summed E-state index contributed by atoms with van der Waals surface area (Å²) in [5.74, 6) is 0.0595. The number of hydrogen-bond acceptors (Lipinski definition) is 3. The average Bonchev–Trinajstić information content (AvgIpc) is 2.31. The Morgan fingerprint density at radius 3 is 2.16 bits per heavy atom. The summed E-state index contributed by atoms with van der Waals surface area (Å²) in [5, 5.41) is 2.15. The van der Waals surface area contributed by atoms with Crippen LogP contribution in [-0.4, -0.2) is 24.1 Å². The smallest absolute Gasteiger partial charge is 0.267 e. The van der Waals surface area contributed by atoms with Crippen LogP contribution in [0.4, 0.5) is 5.69 Å². The molecule has 6 heteroatoms. The Hall–Kier alpha value is -1.40. The van der Waals surface area contributed by atoms with Crippen LogP contribution in [0.3, 0.4) is 0 Å². The Kier molecular flexibility index (Phi) is 7.33. The number of amides is 1. The second-order valence-corrected chi connectivity index (χ2v) is 6.25. The van der Waals surface area contributed by atoms with Gasteiger partial charge in [-0.25, -0.2) is 0 Å². The van der Waals surface area contributed by atoms with Gasteiger partial charge in [0.15, 0.2) is 0 Å². The summed E-state index contributed by atoms with van der Waals surface area (Å²) in [4.78, 5) is 11.0. The van der Waals surface area contributed by atoms with Gasteiger partial charge < -0.3 is 5.32 Å². The average molecular weight is 287 g/mol. The van der Waals surface area contributed by atoms with Crippen molar-refractivity contribution in [3.63, 3.8) is 0 Å². The Bertz CT molecular complexity index is 509. The molecule has 0 aliphatic rings. The van der Waals surface area contributed by atoms with E-state index in [1.165, 1.54) is 13.8 Å². The Labute approximate surface area is 114 Å². The zero-order valence-corrected chi connectivity index (χ0v) is 12.5. The lowest BCUT2D eigenvalue weighted by Crippen LogP contribution is -2.10. The molecule has 0 saturated carbocycles. The van der Waals surface area contributed by atoms with Gasteiger partial charge in [0.1, 0.15) is 0 Å². The maximum atomic E-state index is 11.0. The van der Waals surface area contributed by atoms with Crippen LogP contribution in [0.1, 0.15) is 32.8 Å². The molecule has 19 heavy (non-hydrogen) atoms. The maximum Gasteiger partial charge on any atom is 0.267 e. The van der Waals surface area contributed by atoms with Crippen molar-refractivity contribution < 1.29 is 17.8 Å². The van der Waals surface area contributed by atoms with Crippen molar-refractivity contribution >= 4 is 21.7 Å². The first-order chi connectivity index (χ1) is 8.68. The van der Waals surface area contributed by atoms with Gasteiger partial charge in [0, 0.05) is 12.1 Å². The number of aryl methyl sites for hydroxylation is 1. The molecule has 0 radical (unpaired) electrons. The molecule has 1 aromatic rings. The highest BCUT2D eigenvalue weighted by Gasteiger charge is 2.08. The molecule has 0 bridgehead atoms. The van der Waals surface area contributed by atoms with Gasteiger partial charge in [-0.15, -0.1) is 0 Å². The minimum Gasteiger partial charge on any atom is -0.326 e. The summed E-state index contributed by atoms with van der Waals surface area (Å²) < 4.78 is 27.8. The van der Waals surface area contributed by atoms with Crippen molar-refractivity contribution in [3.8, 4) is 0 Å². The Morgan fingerprint density at radius 1 is 1.32 bits per heavy atom. The van der Waals surface area contributed by atoms with Crippen LogP contribution in [0.5, 0.6) is 0 Å². The molecule has 0 aromatic heterocycles. The topological polar surface area (TPSA) is 83.5 Å². The van der Waals surface area contributed by atoms with Crippen LogP contribution >= 0.6 is 0 Å². The summed E-state index contributed by atoms with van der Waals surface area (Å²) in [6.45, 7) is 6.64. The minimum absolute atomic E-state index is 0.0595. The van der Waals surface area contributed by atoms with Gasteiger partial charge in [-0.05, 0) is 32.4 Å². The highest BCUT2D eigenvalue weighted by Crippen LogP contribution is 2.12. The van der Waals surface area contributed by atoms with Crippen molar-refractivity contribution in [2.24, 2.45) is 0 Å². The molecule has 0 spiro atoms. The van der Waals surface area contributed by atoms with E-state index in [0.29, 0.717) is 6.42 Å². The Balaban J connectivity index is 0.000000399. The van der Waals surface area contributed by atoms with E-state index in [1.54, 1.807) is 0 Å². The van der Waals surface area contributed by atoms with E-state index in [9.17, 15) is 13.2 Å². The molecular formula is C13H21NO4S. The third-order valence-electron chi connectivity index (χ3n) is 2.34. The molecule has 1 rings (SSSR count). The Morgan fingerprint density at radius 2 is 1.79 bits per heavy atom. The first kappa shape index (κ1) is 17.6. The van der Waals surface area contributed by atoms with Gasteiger partial charge >= 0.3 is 0 Å².